The first-order chi connectivity index (χ1) is 16.4. The largest absolute Gasteiger partial charge is 0.462 e. The van der Waals surface area contributed by atoms with Crippen molar-refractivity contribution in [3.63, 3.8) is 0 Å². The van der Waals surface area contributed by atoms with Crippen molar-refractivity contribution in [3.05, 3.63) is 23.8 Å². The van der Waals surface area contributed by atoms with E-state index in [1.54, 1.807) is 0 Å². The molecule has 2 saturated carbocycles. The van der Waals surface area contributed by atoms with Crippen LogP contribution in [0, 0.1) is 40.4 Å². The number of hydrogen-bond acceptors (Lipinski definition) is 5. The molecule has 5 heteroatoms. The van der Waals surface area contributed by atoms with Crippen LogP contribution in [0.4, 0.5) is 0 Å². The molecule has 0 bridgehead atoms. The summed E-state index contributed by atoms with van der Waals surface area (Å²) in [6.45, 7) is 14.7. The number of carbonyl (C=O) groups excluding carboxylic acids is 3. The molecule has 1 heterocycles. The molecule has 194 valence electrons. The van der Waals surface area contributed by atoms with Gasteiger partial charge in [-0.05, 0) is 79.3 Å². The number of carbonyl (C=O) groups is 3. The fourth-order valence-electron chi connectivity index (χ4n) is 7.59. The third-order valence-corrected chi connectivity index (χ3v) is 10.3. The molecule has 3 fully saturated rings. The molecule has 4 rings (SSSR count). The number of aldehydes is 1. The van der Waals surface area contributed by atoms with Crippen molar-refractivity contribution in [1.82, 2.24) is 0 Å². The van der Waals surface area contributed by atoms with Crippen molar-refractivity contribution in [1.29, 1.82) is 0 Å². The second-order valence-corrected chi connectivity index (χ2v) is 12.6. The quantitative estimate of drug-likeness (QED) is 0.187. The highest BCUT2D eigenvalue weighted by Gasteiger charge is 2.74. The zero-order valence-corrected chi connectivity index (χ0v) is 22.6. The second-order valence-electron chi connectivity index (χ2n) is 12.6. The molecule has 3 aliphatic carbocycles. The molecule has 9 atom stereocenters. The maximum Gasteiger partial charge on any atom is 0.302 e. The Balaban J connectivity index is 1.60. The lowest BCUT2D eigenvalue weighted by atomic mass is 9.55. The van der Waals surface area contributed by atoms with Crippen molar-refractivity contribution < 1.29 is 23.9 Å². The Morgan fingerprint density at radius 3 is 2.51 bits per heavy atom. The van der Waals surface area contributed by atoms with Crippen molar-refractivity contribution in [2.24, 2.45) is 40.4 Å². The van der Waals surface area contributed by atoms with E-state index < -0.39 is 11.0 Å². The van der Waals surface area contributed by atoms with Gasteiger partial charge in [-0.1, -0.05) is 46.8 Å². The summed E-state index contributed by atoms with van der Waals surface area (Å²) in [5.74, 6) is 1.77. The molecule has 0 aromatic carbocycles. The van der Waals surface area contributed by atoms with Gasteiger partial charge in [0.2, 0.25) is 0 Å². The molecule has 1 aliphatic heterocycles. The lowest BCUT2D eigenvalue weighted by Crippen LogP contribution is -2.54. The summed E-state index contributed by atoms with van der Waals surface area (Å²) in [7, 11) is 0. The smallest absolute Gasteiger partial charge is 0.302 e. The minimum Gasteiger partial charge on any atom is -0.462 e. The van der Waals surface area contributed by atoms with E-state index in [0.717, 1.165) is 24.7 Å². The highest BCUT2D eigenvalue weighted by molar-refractivity contribution is 6.03. The van der Waals surface area contributed by atoms with E-state index in [2.05, 4.69) is 59.8 Å². The normalized spacial score (nSPS) is 42.3. The summed E-state index contributed by atoms with van der Waals surface area (Å²) in [6, 6.07) is 0. The average molecular weight is 485 g/mol. The Hall–Kier alpha value is -1.75. The zero-order chi connectivity index (χ0) is 25.8. The lowest BCUT2D eigenvalue weighted by molar-refractivity contribution is -0.153. The predicted octanol–water partition coefficient (Wildman–Crippen LogP) is 5.86. The van der Waals surface area contributed by atoms with Crippen molar-refractivity contribution in [3.8, 4) is 0 Å². The summed E-state index contributed by atoms with van der Waals surface area (Å²) >= 11 is 0. The monoisotopic (exact) mass is 484 g/mol. The van der Waals surface area contributed by atoms with Gasteiger partial charge in [0.05, 0.1) is 5.41 Å². The van der Waals surface area contributed by atoms with Gasteiger partial charge in [0.25, 0.3) is 0 Å². The first-order valence-electron chi connectivity index (χ1n) is 13.6. The highest BCUT2D eigenvalue weighted by Crippen LogP contribution is 2.66. The number of allylic oxidation sites excluding steroid dienone is 3. The Morgan fingerprint density at radius 2 is 1.89 bits per heavy atom. The number of ether oxygens (including phenoxy) is 2. The molecule has 1 spiro atoms. The van der Waals surface area contributed by atoms with Gasteiger partial charge in [0.1, 0.15) is 24.1 Å². The van der Waals surface area contributed by atoms with Gasteiger partial charge in [-0.25, -0.2) is 0 Å². The van der Waals surface area contributed by atoms with Crippen molar-refractivity contribution in [2.75, 3.05) is 0 Å². The molecular formula is C30H44O5. The average Bonchev–Trinajstić information content (AvgIpc) is 3.38. The molecule has 4 aliphatic rings. The minimum atomic E-state index is -0.600. The molecular weight excluding hydrogens is 440 g/mol. The molecule has 0 N–H and O–H groups in total. The standard InChI is InChI=1S/C30H44O5/c1-18(2)19(3)8-9-20(4)24-10-11-25(28(24,6)14-15-31)23-16-26-30(35-26)17-22(34-21(5)32)12-13-29(30,7)27(23)33/h8-9,15-16,18-20,22,24-26H,10-14,17H2,1-7H3. The number of esters is 1. The van der Waals surface area contributed by atoms with Gasteiger partial charge >= 0.3 is 5.97 Å². The van der Waals surface area contributed by atoms with Crippen LogP contribution in [0.1, 0.15) is 87.0 Å². The van der Waals surface area contributed by atoms with E-state index in [1.165, 1.54) is 6.92 Å². The van der Waals surface area contributed by atoms with Crippen LogP contribution < -0.4 is 0 Å². The van der Waals surface area contributed by atoms with Gasteiger partial charge in [0, 0.05) is 19.8 Å². The van der Waals surface area contributed by atoms with Gasteiger partial charge in [-0.3, -0.25) is 9.59 Å². The maximum atomic E-state index is 14.1. The Morgan fingerprint density at radius 1 is 1.17 bits per heavy atom. The lowest BCUT2D eigenvalue weighted by Gasteiger charge is -2.46. The van der Waals surface area contributed by atoms with Crippen LogP contribution >= 0.6 is 0 Å². The maximum absolute atomic E-state index is 14.1. The molecule has 0 amide bonds. The number of Topliss-reactive ketones (excluding diaryl/α,β-unsaturated/α-hetero) is 1. The van der Waals surface area contributed by atoms with Crippen LogP contribution in [-0.4, -0.2) is 35.8 Å². The second kappa shape index (κ2) is 9.28. The molecule has 35 heavy (non-hydrogen) atoms. The van der Waals surface area contributed by atoms with Crippen LogP contribution in [0.25, 0.3) is 0 Å². The summed E-state index contributed by atoms with van der Waals surface area (Å²) in [5.41, 5.74) is -0.519. The molecule has 0 aromatic heterocycles. The van der Waals surface area contributed by atoms with Crippen LogP contribution in [0.2, 0.25) is 0 Å². The minimum absolute atomic E-state index is 0.0637. The molecule has 0 radical (unpaired) electrons. The summed E-state index contributed by atoms with van der Waals surface area (Å²) < 4.78 is 11.8. The summed E-state index contributed by atoms with van der Waals surface area (Å²) in [4.78, 5) is 37.5. The third-order valence-electron chi connectivity index (χ3n) is 10.3. The van der Waals surface area contributed by atoms with Crippen molar-refractivity contribution in [2.45, 2.75) is 105 Å². The number of hydrogen-bond donors (Lipinski definition) is 0. The van der Waals surface area contributed by atoms with Crippen molar-refractivity contribution >= 4 is 18.0 Å². The fourth-order valence-corrected chi connectivity index (χ4v) is 7.59. The topological polar surface area (TPSA) is 73.0 Å². The number of ketones is 1. The third kappa shape index (κ3) is 4.26. The Bertz CT molecular complexity index is 933. The fraction of sp³-hybridized carbons (Fsp3) is 0.767. The van der Waals surface area contributed by atoms with Gasteiger partial charge in [-0.2, -0.15) is 0 Å². The van der Waals surface area contributed by atoms with E-state index in [9.17, 15) is 14.4 Å². The van der Waals surface area contributed by atoms with E-state index in [4.69, 9.17) is 9.47 Å². The van der Waals surface area contributed by atoms with Gasteiger partial charge in [-0.15, -0.1) is 0 Å². The molecule has 9 unspecified atom stereocenters. The Labute approximate surface area is 211 Å². The van der Waals surface area contributed by atoms with Gasteiger partial charge in [0.15, 0.2) is 5.78 Å². The first kappa shape index (κ1) is 26.3. The first-order valence-corrected chi connectivity index (χ1v) is 13.6. The zero-order valence-electron chi connectivity index (χ0n) is 22.6. The van der Waals surface area contributed by atoms with Crippen LogP contribution in [0.5, 0.6) is 0 Å². The van der Waals surface area contributed by atoms with Gasteiger partial charge < -0.3 is 14.3 Å². The summed E-state index contributed by atoms with van der Waals surface area (Å²) in [5, 5.41) is 0. The SMILES string of the molecule is CC(=O)OC1CCC2(C)C(=O)C(C3CCC(C(C)C=CC(C)C(C)C)C3(C)CC=O)=CC3OC32C1. The van der Waals surface area contributed by atoms with E-state index in [-0.39, 0.29) is 35.3 Å². The van der Waals surface area contributed by atoms with Crippen LogP contribution in [-0.2, 0) is 23.9 Å². The Kier molecular flexibility index (Phi) is 6.98. The highest BCUT2D eigenvalue weighted by atomic mass is 16.6. The van der Waals surface area contributed by atoms with Crippen LogP contribution in [0.15, 0.2) is 23.8 Å². The number of rotatable bonds is 8. The molecule has 5 nitrogen and oxygen atoms in total. The van der Waals surface area contributed by atoms with E-state index in [0.29, 0.717) is 49.4 Å². The molecule has 0 aromatic rings. The van der Waals surface area contributed by atoms with E-state index >= 15 is 0 Å². The van der Waals surface area contributed by atoms with E-state index in [1.807, 2.05) is 0 Å². The number of epoxide rings is 1. The summed E-state index contributed by atoms with van der Waals surface area (Å²) in [6.07, 6.45) is 11.8. The molecule has 1 saturated heterocycles. The van der Waals surface area contributed by atoms with Crippen LogP contribution in [0.3, 0.4) is 0 Å². The predicted molar refractivity (Wildman–Crippen MR) is 136 cm³/mol.